The Kier molecular flexibility index (Phi) is 3.16. The molecule has 0 radical (unpaired) electrons. The van der Waals surface area contributed by atoms with Crippen LogP contribution in [-0.2, 0) is 0 Å². The van der Waals surface area contributed by atoms with E-state index in [0.29, 0.717) is 6.04 Å². The van der Waals surface area contributed by atoms with Gasteiger partial charge in [-0.05, 0) is 32.2 Å². The first-order valence-electron chi connectivity index (χ1n) is 4.36. The van der Waals surface area contributed by atoms with E-state index in [9.17, 15) is 0 Å². The lowest BCUT2D eigenvalue weighted by Crippen LogP contribution is -2.45. The number of piperidine rings is 1. The maximum absolute atomic E-state index is 5.85. The topological polar surface area (TPSA) is 29.3 Å². The van der Waals surface area contributed by atoms with Crippen molar-refractivity contribution >= 4 is 12.4 Å². The zero-order chi connectivity index (χ0) is 6.97. The van der Waals surface area contributed by atoms with E-state index in [1.165, 1.54) is 32.2 Å². The maximum Gasteiger partial charge on any atom is 0.0168 e. The first-order valence-corrected chi connectivity index (χ1v) is 4.36. The molecular weight excluding hydrogens is 160 g/mol. The number of fused-ring (bicyclic) bond motifs is 1. The maximum atomic E-state index is 5.85. The second kappa shape index (κ2) is 3.74. The van der Waals surface area contributed by atoms with Gasteiger partial charge in [0.25, 0.3) is 0 Å². The summed E-state index contributed by atoms with van der Waals surface area (Å²) in [6.45, 7) is 2.46. The number of hydrogen-bond donors (Lipinski definition) is 1. The summed E-state index contributed by atoms with van der Waals surface area (Å²) >= 11 is 0. The highest BCUT2D eigenvalue weighted by Crippen LogP contribution is 2.25. The van der Waals surface area contributed by atoms with Crippen LogP contribution in [0.25, 0.3) is 0 Å². The fraction of sp³-hybridized carbons (Fsp3) is 1.00. The standard InChI is InChI=1S/C8H16N2.ClH/c9-7-3-4-8-2-1-5-10(8)6-7;/h7-8H,1-6,9H2;1H. The number of halogens is 1. The number of rotatable bonds is 0. The van der Waals surface area contributed by atoms with Gasteiger partial charge >= 0.3 is 0 Å². The lowest BCUT2D eigenvalue weighted by molar-refractivity contribution is 0.180. The number of nitrogens with two attached hydrogens (primary N) is 1. The highest BCUT2D eigenvalue weighted by molar-refractivity contribution is 5.85. The molecule has 0 aromatic rings. The Morgan fingerprint density at radius 2 is 2.00 bits per heavy atom. The van der Waals surface area contributed by atoms with Gasteiger partial charge in [0.15, 0.2) is 0 Å². The van der Waals surface area contributed by atoms with Crippen molar-refractivity contribution in [1.82, 2.24) is 4.90 Å². The minimum atomic E-state index is 0. The third-order valence-corrected chi connectivity index (χ3v) is 2.84. The van der Waals surface area contributed by atoms with Crippen LogP contribution in [0.4, 0.5) is 0 Å². The van der Waals surface area contributed by atoms with E-state index < -0.39 is 0 Å². The van der Waals surface area contributed by atoms with Crippen LogP contribution in [0.15, 0.2) is 0 Å². The van der Waals surface area contributed by atoms with Crippen LogP contribution in [0, 0.1) is 0 Å². The van der Waals surface area contributed by atoms with Gasteiger partial charge < -0.3 is 5.73 Å². The van der Waals surface area contributed by atoms with Gasteiger partial charge in [-0.3, -0.25) is 4.90 Å². The van der Waals surface area contributed by atoms with Gasteiger partial charge in [-0.1, -0.05) is 0 Å². The second-order valence-electron chi connectivity index (χ2n) is 3.63. The lowest BCUT2D eigenvalue weighted by atomic mass is 10.00. The summed E-state index contributed by atoms with van der Waals surface area (Å²) in [5.74, 6) is 0. The molecule has 2 unspecified atom stereocenters. The SMILES string of the molecule is Cl.NC1CCC2CCCN2C1. The van der Waals surface area contributed by atoms with Gasteiger partial charge in [-0.2, -0.15) is 0 Å². The Labute approximate surface area is 74.5 Å². The normalized spacial score (nSPS) is 37.9. The molecule has 0 saturated carbocycles. The Balaban J connectivity index is 0.000000605. The molecule has 11 heavy (non-hydrogen) atoms. The van der Waals surface area contributed by atoms with Gasteiger partial charge in [0, 0.05) is 18.6 Å². The Morgan fingerprint density at radius 1 is 1.18 bits per heavy atom. The van der Waals surface area contributed by atoms with Gasteiger partial charge in [0.1, 0.15) is 0 Å². The molecule has 2 aliphatic heterocycles. The zero-order valence-electron chi connectivity index (χ0n) is 6.83. The third kappa shape index (κ3) is 1.86. The highest BCUT2D eigenvalue weighted by Gasteiger charge is 2.29. The van der Waals surface area contributed by atoms with Crippen LogP contribution in [0.5, 0.6) is 0 Å². The molecule has 2 heterocycles. The molecule has 2 saturated heterocycles. The molecule has 66 valence electrons. The van der Waals surface area contributed by atoms with Crippen molar-refractivity contribution in [3.8, 4) is 0 Å². The van der Waals surface area contributed by atoms with Crippen LogP contribution in [-0.4, -0.2) is 30.1 Å². The summed E-state index contributed by atoms with van der Waals surface area (Å²) in [5, 5.41) is 0. The molecule has 0 aromatic heterocycles. The summed E-state index contributed by atoms with van der Waals surface area (Å²) in [7, 11) is 0. The third-order valence-electron chi connectivity index (χ3n) is 2.84. The van der Waals surface area contributed by atoms with Crippen molar-refractivity contribution < 1.29 is 0 Å². The molecule has 2 nitrogen and oxygen atoms in total. The van der Waals surface area contributed by atoms with Crippen molar-refractivity contribution in [3.05, 3.63) is 0 Å². The van der Waals surface area contributed by atoms with E-state index >= 15 is 0 Å². The highest BCUT2D eigenvalue weighted by atomic mass is 35.5. The van der Waals surface area contributed by atoms with Gasteiger partial charge in [0.05, 0.1) is 0 Å². The fourth-order valence-corrected chi connectivity index (χ4v) is 2.26. The second-order valence-corrected chi connectivity index (χ2v) is 3.63. The molecule has 0 spiro atoms. The molecule has 0 aromatic carbocycles. The summed E-state index contributed by atoms with van der Waals surface area (Å²) in [5.41, 5.74) is 5.85. The summed E-state index contributed by atoms with van der Waals surface area (Å²) in [6.07, 6.45) is 5.42. The quantitative estimate of drug-likeness (QED) is 0.597. The summed E-state index contributed by atoms with van der Waals surface area (Å²) < 4.78 is 0. The van der Waals surface area contributed by atoms with Crippen molar-refractivity contribution in [3.63, 3.8) is 0 Å². The van der Waals surface area contributed by atoms with Crippen molar-refractivity contribution in [1.29, 1.82) is 0 Å². The Bertz CT molecular complexity index is 129. The molecule has 0 aliphatic carbocycles. The first kappa shape index (κ1) is 9.30. The molecule has 2 fully saturated rings. The van der Waals surface area contributed by atoms with Crippen molar-refractivity contribution in [2.45, 2.75) is 37.8 Å². The van der Waals surface area contributed by atoms with Gasteiger partial charge in [-0.15, -0.1) is 12.4 Å². The van der Waals surface area contributed by atoms with Crippen LogP contribution in [0.1, 0.15) is 25.7 Å². The van der Waals surface area contributed by atoms with Crippen LogP contribution in [0.2, 0.25) is 0 Å². The average molecular weight is 177 g/mol. The van der Waals surface area contributed by atoms with E-state index in [4.69, 9.17) is 5.73 Å². The minimum absolute atomic E-state index is 0. The molecule has 0 bridgehead atoms. The van der Waals surface area contributed by atoms with E-state index in [-0.39, 0.29) is 12.4 Å². The molecule has 0 amide bonds. The smallest absolute Gasteiger partial charge is 0.0168 e. The van der Waals surface area contributed by atoms with E-state index in [2.05, 4.69) is 4.90 Å². The van der Waals surface area contributed by atoms with Crippen LogP contribution < -0.4 is 5.73 Å². The first-order chi connectivity index (χ1) is 4.86. The number of nitrogens with zero attached hydrogens (tertiary/aromatic N) is 1. The lowest BCUT2D eigenvalue weighted by Gasteiger charge is -2.32. The summed E-state index contributed by atoms with van der Waals surface area (Å²) in [4.78, 5) is 2.56. The van der Waals surface area contributed by atoms with E-state index in [1.807, 2.05) is 0 Å². The largest absolute Gasteiger partial charge is 0.327 e. The number of hydrogen-bond acceptors (Lipinski definition) is 2. The van der Waals surface area contributed by atoms with Crippen molar-refractivity contribution in [2.75, 3.05) is 13.1 Å². The molecule has 2 N–H and O–H groups in total. The predicted molar refractivity (Wildman–Crippen MR) is 49.1 cm³/mol. The zero-order valence-corrected chi connectivity index (χ0v) is 7.65. The van der Waals surface area contributed by atoms with E-state index in [1.54, 1.807) is 0 Å². The summed E-state index contributed by atoms with van der Waals surface area (Å²) in [6, 6.07) is 1.37. The minimum Gasteiger partial charge on any atom is -0.327 e. The predicted octanol–water partition coefficient (Wildman–Crippen LogP) is 0.994. The Morgan fingerprint density at radius 3 is 2.82 bits per heavy atom. The van der Waals surface area contributed by atoms with Gasteiger partial charge in [0.2, 0.25) is 0 Å². The average Bonchev–Trinajstić information content (AvgIpc) is 2.33. The Hall–Kier alpha value is 0.210. The van der Waals surface area contributed by atoms with Crippen LogP contribution in [0.3, 0.4) is 0 Å². The molecule has 2 rings (SSSR count). The molecular formula is C8H17ClN2. The van der Waals surface area contributed by atoms with Crippen LogP contribution >= 0.6 is 12.4 Å². The fourth-order valence-electron chi connectivity index (χ4n) is 2.26. The molecule has 2 atom stereocenters. The van der Waals surface area contributed by atoms with Gasteiger partial charge in [-0.25, -0.2) is 0 Å². The monoisotopic (exact) mass is 176 g/mol. The molecule has 2 aliphatic rings. The van der Waals surface area contributed by atoms with Crippen molar-refractivity contribution in [2.24, 2.45) is 5.73 Å². The van der Waals surface area contributed by atoms with E-state index in [0.717, 1.165) is 12.6 Å². The molecule has 3 heteroatoms.